The highest BCUT2D eigenvalue weighted by molar-refractivity contribution is 9.10. The molecule has 1 unspecified atom stereocenters. The Bertz CT molecular complexity index is 599. The smallest absolute Gasteiger partial charge is 0.239 e. The number of ether oxygens (including phenoxy) is 1. The van der Waals surface area contributed by atoms with E-state index >= 15 is 0 Å². The molecule has 2 saturated heterocycles. The van der Waals surface area contributed by atoms with Crippen LogP contribution in [-0.2, 0) is 14.3 Å². The van der Waals surface area contributed by atoms with Crippen molar-refractivity contribution in [1.82, 2.24) is 4.90 Å². The Hall–Kier alpha value is -1.40. The summed E-state index contributed by atoms with van der Waals surface area (Å²) in [6.07, 6.45) is 0.588. The van der Waals surface area contributed by atoms with E-state index in [-0.39, 0.29) is 11.8 Å². The van der Waals surface area contributed by atoms with E-state index in [2.05, 4.69) is 15.9 Å². The average molecular weight is 367 g/mol. The second-order valence-electron chi connectivity index (χ2n) is 5.70. The molecule has 0 saturated carbocycles. The highest BCUT2D eigenvalue weighted by Gasteiger charge is 2.40. The Morgan fingerprint density at radius 1 is 1.27 bits per heavy atom. The topological polar surface area (TPSA) is 49.9 Å². The molecule has 2 aliphatic rings. The molecule has 118 valence electrons. The minimum absolute atomic E-state index is 0.0504. The van der Waals surface area contributed by atoms with Crippen LogP contribution in [0.25, 0.3) is 0 Å². The van der Waals surface area contributed by atoms with Crippen LogP contribution in [0.2, 0.25) is 0 Å². The molecule has 2 fully saturated rings. The van der Waals surface area contributed by atoms with E-state index in [1.165, 1.54) is 0 Å². The Morgan fingerprint density at radius 2 is 2.00 bits per heavy atom. The second-order valence-corrected chi connectivity index (χ2v) is 6.62. The van der Waals surface area contributed by atoms with Crippen molar-refractivity contribution in [3.8, 4) is 0 Å². The third-order valence-corrected chi connectivity index (χ3v) is 4.77. The number of nitrogens with zero attached hydrogens (tertiary/aromatic N) is 2. The number of morpholine rings is 1. The largest absolute Gasteiger partial charge is 0.378 e. The lowest BCUT2D eigenvalue weighted by Gasteiger charge is -2.28. The fourth-order valence-corrected chi connectivity index (χ4v) is 3.55. The molecule has 1 aromatic carbocycles. The number of anilines is 1. The van der Waals surface area contributed by atoms with Crippen molar-refractivity contribution in [2.24, 2.45) is 5.92 Å². The van der Waals surface area contributed by atoms with Crippen LogP contribution in [0, 0.1) is 12.8 Å². The van der Waals surface area contributed by atoms with Gasteiger partial charge in [0.05, 0.1) is 13.2 Å². The summed E-state index contributed by atoms with van der Waals surface area (Å²) in [6, 6.07) is 5.84. The fraction of sp³-hybridized carbons (Fsp3) is 0.500. The van der Waals surface area contributed by atoms with Gasteiger partial charge in [-0.3, -0.25) is 9.59 Å². The van der Waals surface area contributed by atoms with Gasteiger partial charge in [0.1, 0.15) is 5.92 Å². The van der Waals surface area contributed by atoms with Crippen molar-refractivity contribution in [2.75, 3.05) is 37.7 Å². The minimum Gasteiger partial charge on any atom is -0.378 e. The summed E-state index contributed by atoms with van der Waals surface area (Å²) in [7, 11) is 0. The van der Waals surface area contributed by atoms with Crippen LogP contribution in [0.4, 0.5) is 5.69 Å². The SMILES string of the molecule is Cc1cc(Br)ccc1N1CCC(C(=O)N2CCOCC2)C1=O. The molecule has 2 heterocycles. The van der Waals surface area contributed by atoms with Gasteiger partial charge in [0.15, 0.2) is 0 Å². The average Bonchev–Trinajstić information content (AvgIpc) is 2.89. The number of carbonyl (C=O) groups excluding carboxylic acids is 2. The van der Waals surface area contributed by atoms with Gasteiger partial charge in [-0.15, -0.1) is 0 Å². The first-order valence-corrected chi connectivity index (χ1v) is 8.31. The number of aryl methyl sites for hydroxylation is 1. The van der Waals surface area contributed by atoms with Gasteiger partial charge in [-0.05, 0) is 37.1 Å². The van der Waals surface area contributed by atoms with Crippen LogP contribution in [0.15, 0.2) is 22.7 Å². The van der Waals surface area contributed by atoms with Crippen molar-refractivity contribution in [1.29, 1.82) is 0 Å². The Morgan fingerprint density at radius 3 is 2.68 bits per heavy atom. The molecule has 1 aromatic rings. The van der Waals surface area contributed by atoms with E-state index in [0.29, 0.717) is 39.3 Å². The molecular weight excluding hydrogens is 348 g/mol. The molecular formula is C16H19BrN2O3. The van der Waals surface area contributed by atoms with E-state index in [9.17, 15) is 9.59 Å². The molecule has 0 aliphatic carbocycles. The van der Waals surface area contributed by atoms with Crippen molar-refractivity contribution in [2.45, 2.75) is 13.3 Å². The van der Waals surface area contributed by atoms with Gasteiger partial charge in [0, 0.05) is 29.8 Å². The zero-order valence-corrected chi connectivity index (χ0v) is 14.1. The van der Waals surface area contributed by atoms with E-state index in [1.54, 1.807) is 9.80 Å². The lowest BCUT2D eigenvalue weighted by Crippen LogP contribution is -2.45. The van der Waals surface area contributed by atoms with Gasteiger partial charge in [0.25, 0.3) is 0 Å². The summed E-state index contributed by atoms with van der Waals surface area (Å²) in [4.78, 5) is 28.7. The molecule has 0 radical (unpaired) electrons. The Kier molecular flexibility index (Phi) is 4.49. The van der Waals surface area contributed by atoms with Gasteiger partial charge >= 0.3 is 0 Å². The van der Waals surface area contributed by atoms with Gasteiger partial charge < -0.3 is 14.5 Å². The number of amides is 2. The number of hydrogen-bond donors (Lipinski definition) is 0. The predicted octanol–water partition coefficient (Wildman–Crippen LogP) is 1.97. The fourth-order valence-electron chi connectivity index (χ4n) is 3.07. The summed E-state index contributed by atoms with van der Waals surface area (Å²) in [5.74, 6) is -0.673. The van der Waals surface area contributed by atoms with Crippen LogP contribution < -0.4 is 4.90 Å². The van der Waals surface area contributed by atoms with Crippen molar-refractivity contribution in [3.63, 3.8) is 0 Å². The molecule has 2 aliphatic heterocycles. The Balaban J connectivity index is 1.75. The summed E-state index contributed by atoms with van der Waals surface area (Å²) >= 11 is 3.43. The predicted molar refractivity (Wildman–Crippen MR) is 86.7 cm³/mol. The molecule has 0 bridgehead atoms. The van der Waals surface area contributed by atoms with Crippen LogP contribution in [0.1, 0.15) is 12.0 Å². The Labute approximate surface area is 138 Å². The summed E-state index contributed by atoms with van der Waals surface area (Å²) in [5, 5.41) is 0. The first-order chi connectivity index (χ1) is 10.6. The third-order valence-electron chi connectivity index (χ3n) is 4.28. The van der Waals surface area contributed by atoms with Gasteiger partial charge in [-0.2, -0.15) is 0 Å². The summed E-state index contributed by atoms with van der Waals surface area (Å²) < 4.78 is 6.25. The number of benzene rings is 1. The minimum atomic E-state index is -0.541. The summed E-state index contributed by atoms with van der Waals surface area (Å²) in [5.41, 5.74) is 1.92. The standard InChI is InChI=1S/C16H19BrN2O3/c1-11-10-12(17)2-3-14(11)19-5-4-13(16(19)21)15(20)18-6-8-22-9-7-18/h2-3,10,13H,4-9H2,1H3. The van der Waals surface area contributed by atoms with Gasteiger partial charge in [-0.25, -0.2) is 0 Å². The maximum atomic E-state index is 12.7. The zero-order chi connectivity index (χ0) is 15.7. The van der Waals surface area contributed by atoms with Crippen molar-refractivity contribution >= 4 is 33.4 Å². The monoisotopic (exact) mass is 366 g/mol. The number of halogens is 1. The molecule has 0 N–H and O–H groups in total. The first kappa shape index (κ1) is 15.5. The molecule has 3 rings (SSSR count). The summed E-state index contributed by atoms with van der Waals surface area (Å²) in [6.45, 7) is 4.86. The van der Waals surface area contributed by atoms with Crippen LogP contribution in [-0.4, -0.2) is 49.6 Å². The normalized spacial score (nSPS) is 22.3. The maximum Gasteiger partial charge on any atom is 0.239 e. The van der Waals surface area contributed by atoms with Gasteiger partial charge in [0.2, 0.25) is 11.8 Å². The first-order valence-electron chi connectivity index (χ1n) is 7.52. The second kappa shape index (κ2) is 6.38. The van der Waals surface area contributed by atoms with Crippen LogP contribution >= 0.6 is 15.9 Å². The van der Waals surface area contributed by atoms with Gasteiger partial charge in [-0.1, -0.05) is 15.9 Å². The zero-order valence-electron chi connectivity index (χ0n) is 12.5. The highest BCUT2D eigenvalue weighted by atomic mass is 79.9. The molecule has 0 aromatic heterocycles. The lowest BCUT2D eigenvalue weighted by molar-refractivity contribution is -0.143. The number of hydrogen-bond acceptors (Lipinski definition) is 3. The van der Waals surface area contributed by atoms with Crippen LogP contribution in [0.3, 0.4) is 0 Å². The van der Waals surface area contributed by atoms with E-state index in [4.69, 9.17) is 4.74 Å². The maximum absolute atomic E-state index is 12.7. The molecule has 6 heteroatoms. The molecule has 22 heavy (non-hydrogen) atoms. The molecule has 0 spiro atoms. The van der Waals surface area contributed by atoms with E-state index in [1.807, 2.05) is 25.1 Å². The molecule has 5 nitrogen and oxygen atoms in total. The molecule has 2 amide bonds. The third kappa shape index (κ3) is 2.90. The highest BCUT2D eigenvalue weighted by Crippen LogP contribution is 2.30. The number of rotatable bonds is 2. The lowest BCUT2D eigenvalue weighted by atomic mass is 10.1. The molecule has 1 atom stereocenters. The van der Waals surface area contributed by atoms with Crippen molar-refractivity contribution < 1.29 is 14.3 Å². The van der Waals surface area contributed by atoms with E-state index in [0.717, 1.165) is 15.7 Å². The van der Waals surface area contributed by atoms with E-state index < -0.39 is 5.92 Å². The van der Waals surface area contributed by atoms with Crippen LogP contribution in [0.5, 0.6) is 0 Å². The van der Waals surface area contributed by atoms with Crippen molar-refractivity contribution in [3.05, 3.63) is 28.2 Å². The quantitative estimate of drug-likeness (QED) is 0.751. The number of carbonyl (C=O) groups is 2.